The van der Waals surface area contributed by atoms with Crippen LogP contribution in [-0.4, -0.2) is 12.7 Å². The van der Waals surface area contributed by atoms with Crippen molar-refractivity contribution >= 4 is 0 Å². The van der Waals surface area contributed by atoms with Crippen molar-refractivity contribution in [3.05, 3.63) is 29.8 Å². The number of halogens is 2. The van der Waals surface area contributed by atoms with E-state index in [1.165, 1.54) is 32.1 Å². The average Bonchev–Trinajstić information content (AvgIpc) is 2.46. The first-order valence-electron chi connectivity index (χ1n) is 7.42. The molecule has 1 aromatic rings. The molecule has 1 aromatic carbocycles. The zero-order valence-electron chi connectivity index (χ0n) is 11.9. The predicted octanol–water partition coefficient (Wildman–Crippen LogP) is 4.35. The van der Waals surface area contributed by atoms with Crippen LogP contribution in [0.15, 0.2) is 24.3 Å². The molecule has 1 fully saturated rings. The van der Waals surface area contributed by atoms with Crippen LogP contribution in [0.2, 0.25) is 0 Å². The van der Waals surface area contributed by atoms with Crippen molar-refractivity contribution in [1.82, 2.24) is 5.32 Å². The smallest absolute Gasteiger partial charge is 0.387 e. The van der Waals surface area contributed by atoms with Gasteiger partial charge in [-0.15, -0.1) is 0 Å². The van der Waals surface area contributed by atoms with Crippen LogP contribution in [0.5, 0.6) is 5.75 Å². The number of hydrogen-bond acceptors (Lipinski definition) is 2. The number of alkyl halides is 2. The van der Waals surface area contributed by atoms with E-state index in [0.29, 0.717) is 6.04 Å². The van der Waals surface area contributed by atoms with Gasteiger partial charge in [-0.25, -0.2) is 0 Å². The van der Waals surface area contributed by atoms with Crippen molar-refractivity contribution in [2.45, 2.75) is 58.2 Å². The van der Waals surface area contributed by atoms with Crippen molar-refractivity contribution in [2.75, 3.05) is 0 Å². The number of benzene rings is 1. The molecular weight excluding hydrogens is 260 g/mol. The maximum Gasteiger partial charge on any atom is 0.387 e. The molecule has 0 aliphatic heterocycles. The SMILES string of the molecule is CC(NCc1ccc(OC(F)F)cc1)C1CCCCC1. The van der Waals surface area contributed by atoms with Gasteiger partial charge in [-0.05, 0) is 43.4 Å². The molecule has 112 valence electrons. The van der Waals surface area contributed by atoms with Crippen LogP contribution in [-0.2, 0) is 6.54 Å². The van der Waals surface area contributed by atoms with Crippen molar-refractivity contribution < 1.29 is 13.5 Å². The number of nitrogens with one attached hydrogen (secondary N) is 1. The van der Waals surface area contributed by atoms with Gasteiger partial charge in [-0.3, -0.25) is 0 Å². The highest BCUT2D eigenvalue weighted by Crippen LogP contribution is 2.26. The molecule has 1 aliphatic carbocycles. The zero-order valence-corrected chi connectivity index (χ0v) is 11.9. The fourth-order valence-electron chi connectivity index (χ4n) is 2.87. The molecule has 0 saturated heterocycles. The minimum atomic E-state index is -2.76. The summed E-state index contributed by atoms with van der Waals surface area (Å²) in [7, 11) is 0. The monoisotopic (exact) mass is 283 g/mol. The summed E-state index contributed by atoms with van der Waals surface area (Å²) in [5.74, 6) is 0.981. The Morgan fingerprint density at radius 1 is 1.15 bits per heavy atom. The minimum absolute atomic E-state index is 0.212. The van der Waals surface area contributed by atoms with Gasteiger partial charge in [-0.1, -0.05) is 31.4 Å². The quantitative estimate of drug-likeness (QED) is 0.838. The van der Waals surface area contributed by atoms with E-state index in [1.807, 2.05) is 12.1 Å². The summed E-state index contributed by atoms with van der Waals surface area (Å²) in [6.07, 6.45) is 6.69. The van der Waals surface area contributed by atoms with Gasteiger partial charge in [0.05, 0.1) is 0 Å². The lowest BCUT2D eigenvalue weighted by atomic mass is 9.84. The maximum atomic E-state index is 12.0. The van der Waals surface area contributed by atoms with Gasteiger partial charge in [-0.2, -0.15) is 8.78 Å². The third kappa shape index (κ3) is 4.75. The van der Waals surface area contributed by atoms with E-state index in [1.54, 1.807) is 12.1 Å². The largest absolute Gasteiger partial charge is 0.435 e. The van der Waals surface area contributed by atoms with E-state index in [4.69, 9.17) is 0 Å². The number of rotatable bonds is 6. The molecule has 1 N–H and O–H groups in total. The Morgan fingerprint density at radius 2 is 1.80 bits per heavy atom. The fourth-order valence-corrected chi connectivity index (χ4v) is 2.87. The first-order chi connectivity index (χ1) is 9.65. The van der Waals surface area contributed by atoms with Crippen molar-refractivity contribution in [1.29, 1.82) is 0 Å². The van der Waals surface area contributed by atoms with E-state index >= 15 is 0 Å². The highest BCUT2D eigenvalue weighted by molar-refractivity contribution is 5.27. The van der Waals surface area contributed by atoms with E-state index in [-0.39, 0.29) is 5.75 Å². The van der Waals surface area contributed by atoms with E-state index in [2.05, 4.69) is 17.0 Å². The highest BCUT2D eigenvalue weighted by atomic mass is 19.3. The van der Waals surface area contributed by atoms with Crippen LogP contribution in [0.25, 0.3) is 0 Å². The van der Waals surface area contributed by atoms with E-state index in [0.717, 1.165) is 18.0 Å². The third-order valence-corrected chi connectivity index (χ3v) is 4.13. The van der Waals surface area contributed by atoms with Crippen LogP contribution in [0.4, 0.5) is 8.78 Å². The molecule has 4 heteroatoms. The predicted molar refractivity (Wildman–Crippen MR) is 76.0 cm³/mol. The molecule has 0 spiro atoms. The first-order valence-corrected chi connectivity index (χ1v) is 7.42. The Hall–Kier alpha value is -1.16. The first kappa shape index (κ1) is 15.2. The molecule has 20 heavy (non-hydrogen) atoms. The molecule has 0 radical (unpaired) electrons. The van der Waals surface area contributed by atoms with Gasteiger partial charge in [0.1, 0.15) is 5.75 Å². The normalized spacial score (nSPS) is 18.2. The van der Waals surface area contributed by atoms with Crippen LogP contribution < -0.4 is 10.1 Å². The molecule has 1 saturated carbocycles. The van der Waals surface area contributed by atoms with Crippen LogP contribution >= 0.6 is 0 Å². The van der Waals surface area contributed by atoms with Gasteiger partial charge in [0.2, 0.25) is 0 Å². The third-order valence-electron chi connectivity index (χ3n) is 4.13. The molecule has 1 unspecified atom stereocenters. The van der Waals surface area contributed by atoms with Crippen LogP contribution in [0.1, 0.15) is 44.6 Å². The zero-order chi connectivity index (χ0) is 14.4. The van der Waals surface area contributed by atoms with Gasteiger partial charge >= 0.3 is 6.61 Å². The van der Waals surface area contributed by atoms with Gasteiger partial charge < -0.3 is 10.1 Å². The summed E-state index contributed by atoms with van der Waals surface area (Å²) in [4.78, 5) is 0. The van der Waals surface area contributed by atoms with Crippen molar-refractivity contribution in [3.63, 3.8) is 0 Å². The Labute approximate surface area is 119 Å². The second-order valence-electron chi connectivity index (χ2n) is 5.59. The summed E-state index contributed by atoms with van der Waals surface area (Å²) < 4.78 is 28.4. The Kier molecular flexibility index (Phi) is 5.77. The van der Waals surface area contributed by atoms with Gasteiger partial charge in [0, 0.05) is 12.6 Å². The second-order valence-corrected chi connectivity index (χ2v) is 5.59. The minimum Gasteiger partial charge on any atom is -0.435 e. The molecule has 2 nitrogen and oxygen atoms in total. The standard InChI is InChI=1S/C16H23F2NO/c1-12(14-5-3-2-4-6-14)19-11-13-7-9-15(10-8-13)20-16(17)18/h7-10,12,14,16,19H,2-6,11H2,1H3. The Balaban J connectivity index is 1.78. The van der Waals surface area contributed by atoms with Crippen LogP contribution in [0, 0.1) is 5.92 Å². The summed E-state index contributed by atoms with van der Waals surface area (Å²) in [5, 5.41) is 3.54. The number of ether oxygens (including phenoxy) is 1. The van der Waals surface area contributed by atoms with Crippen molar-refractivity contribution in [2.24, 2.45) is 5.92 Å². The summed E-state index contributed by atoms with van der Waals surface area (Å²) in [6, 6.07) is 7.35. The van der Waals surface area contributed by atoms with E-state index < -0.39 is 6.61 Å². The molecule has 1 aliphatic rings. The Bertz CT molecular complexity index is 388. The summed E-state index contributed by atoms with van der Waals surface area (Å²) in [5.41, 5.74) is 1.09. The Morgan fingerprint density at radius 3 is 2.40 bits per heavy atom. The lowest BCUT2D eigenvalue weighted by molar-refractivity contribution is -0.0498. The highest BCUT2D eigenvalue weighted by Gasteiger charge is 2.19. The summed E-state index contributed by atoms with van der Waals surface area (Å²) >= 11 is 0. The second kappa shape index (κ2) is 7.58. The molecule has 0 bridgehead atoms. The topological polar surface area (TPSA) is 21.3 Å². The van der Waals surface area contributed by atoms with Crippen molar-refractivity contribution in [3.8, 4) is 5.75 Å². The number of hydrogen-bond donors (Lipinski definition) is 1. The van der Waals surface area contributed by atoms with Crippen LogP contribution in [0.3, 0.4) is 0 Å². The van der Waals surface area contributed by atoms with Gasteiger partial charge in [0.25, 0.3) is 0 Å². The molecular formula is C16H23F2NO. The lowest BCUT2D eigenvalue weighted by Crippen LogP contribution is -2.34. The summed E-state index contributed by atoms with van der Waals surface area (Å²) in [6.45, 7) is 0.252. The molecule has 0 aromatic heterocycles. The van der Waals surface area contributed by atoms with E-state index in [9.17, 15) is 8.78 Å². The maximum absolute atomic E-state index is 12.0. The van der Waals surface area contributed by atoms with Gasteiger partial charge in [0.15, 0.2) is 0 Å². The molecule has 0 heterocycles. The fraction of sp³-hybridized carbons (Fsp3) is 0.625. The molecule has 2 rings (SSSR count). The average molecular weight is 283 g/mol. The molecule has 0 amide bonds. The molecule has 1 atom stereocenters. The lowest BCUT2D eigenvalue weighted by Gasteiger charge is -2.28.